The number of piperazine rings is 1. The Balaban J connectivity index is 1.48. The first-order chi connectivity index (χ1) is 12.8. The Hall–Kier alpha value is -3.04. The molecule has 1 N–H and O–H groups in total. The zero-order valence-corrected chi connectivity index (χ0v) is 14.2. The molecule has 0 bridgehead atoms. The fraction of sp³-hybridized carbons (Fsp3) is 0.353. The monoisotopic (exact) mass is 382 g/mol. The maximum absolute atomic E-state index is 12.6. The molecule has 1 saturated heterocycles. The Morgan fingerprint density at radius 1 is 1.15 bits per heavy atom. The van der Waals surface area contributed by atoms with Gasteiger partial charge in [-0.25, -0.2) is 4.98 Å². The van der Waals surface area contributed by atoms with E-state index in [1.807, 2.05) is 4.90 Å². The Labute approximate surface area is 152 Å². The topological polar surface area (TPSA) is 78.7 Å². The highest BCUT2D eigenvalue weighted by Crippen LogP contribution is 2.29. The third-order valence-corrected chi connectivity index (χ3v) is 4.18. The Morgan fingerprint density at radius 3 is 2.44 bits per heavy atom. The number of nitrogens with zero attached hydrogens (tertiary/aromatic N) is 3. The molecule has 0 unspecified atom stereocenters. The molecular weight excluding hydrogens is 365 g/mol. The van der Waals surface area contributed by atoms with Gasteiger partial charge in [0.2, 0.25) is 5.91 Å². The van der Waals surface area contributed by atoms with E-state index in [2.05, 4.69) is 10.3 Å². The summed E-state index contributed by atoms with van der Waals surface area (Å²) in [4.78, 5) is 31.2. The molecule has 27 heavy (non-hydrogen) atoms. The lowest BCUT2D eigenvalue weighted by atomic mass is 10.2. The molecule has 2 amide bonds. The number of alkyl halides is 3. The van der Waals surface area contributed by atoms with Gasteiger partial charge in [-0.05, 0) is 24.3 Å². The number of carbonyl (C=O) groups excluding carboxylic acids is 2. The zero-order valence-electron chi connectivity index (χ0n) is 14.2. The summed E-state index contributed by atoms with van der Waals surface area (Å²) in [6.45, 7) is 1.50. The number of amides is 2. The predicted molar refractivity (Wildman–Crippen MR) is 89.1 cm³/mol. The summed E-state index contributed by atoms with van der Waals surface area (Å²) in [5.74, 6) is -0.155. The fourth-order valence-corrected chi connectivity index (χ4v) is 2.69. The van der Waals surface area contributed by atoms with Crippen molar-refractivity contribution in [3.63, 3.8) is 0 Å². The molecule has 0 spiro atoms. The lowest BCUT2D eigenvalue weighted by Gasteiger charge is -2.35. The van der Waals surface area contributed by atoms with Gasteiger partial charge >= 0.3 is 6.18 Å². The summed E-state index contributed by atoms with van der Waals surface area (Å²) in [5.41, 5.74) is -0.799. The van der Waals surface area contributed by atoms with Gasteiger partial charge in [0.25, 0.3) is 5.91 Å². The van der Waals surface area contributed by atoms with Crippen molar-refractivity contribution in [2.45, 2.75) is 6.18 Å². The number of furan rings is 1. The molecule has 2 aromatic rings. The van der Waals surface area contributed by atoms with Crippen molar-refractivity contribution in [1.82, 2.24) is 15.2 Å². The van der Waals surface area contributed by atoms with E-state index in [1.54, 1.807) is 11.0 Å². The lowest BCUT2D eigenvalue weighted by molar-refractivity contribution is -0.137. The molecule has 0 atom stereocenters. The van der Waals surface area contributed by atoms with Crippen LogP contribution >= 0.6 is 0 Å². The molecule has 1 aliphatic heterocycles. The first-order valence-corrected chi connectivity index (χ1v) is 8.22. The van der Waals surface area contributed by atoms with Gasteiger partial charge < -0.3 is 19.5 Å². The maximum Gasteiger partial charge on any atom is 0.417 e. The molecule has 10 heteroatoms. The van der Waals surface area contributed by atoms with Gasteiger partial charge in [0.1, 0.15) is 5.82 Å². The van der Waals surface area contributed by atoms with Crippen LogP contribution in [0.1, 0.15) is 16.1 Å². The zero-order chi connectivity index (χ0) is 19.4. The first kappa shape index (κ1) is 18.7. The highest BCUT2D eigenvalue weighted by molar-refractivity contribution is 5.94. The van der Waals surface area contributed by atoms with Crippen LogP contribution in [-0.4, -0.2) is 54.4 Å². The molecule has 7 nitrogen and oxygen atoms in total. The molecule has 144 valence electrons. The smallest absolute Gasteiger partial charge is 0.417 e. The highest BCUT2D eigenvalue weighted by atomic mass is 19.4. The van der Waals surface area contributed by atoms with Gasteiger partial charge in [-0.3, -0.25) is 9.59 Å². The van der Waals surface area contributed by atoms with E-state index in [0.29, 0.717) is 32.0 Å². The number of aromatic nitrogens is 1. The van der Waals surface area contributed by atoms with Gasteiger partial charge in [-0.2, -0.15) is 13.2 Å². The third-order valence-electron chi connectivity index (χ3n) is 4.18. The summed E-state index contributed by atoms with van der Waals surface area (Å²) in [6.07, 6.45) is -2.25. The normalized spacial score (nSPS) is 14.9. The summed E-state index contributed by atoms with van der Waals surface area (Å²) in [6, 6.07) is 5.38. The van der Waals surface area contributed by atoms with E-state index < -0.39 is 17.6 Å². The number of anilines is 1. The highest BCUT2D eigenvalue weighted by Gasteiger charge is 2.31. The third kappa shape index (κ3) is 4.57. The molecule has 2 aromatic heterocycles. The summed E-state index contributed by atoms with van der Waals surface area (Å²) in [7, 11) is 0. The minimum atomic E-state index is -4.42. The van der Waals surface area contributed by atoms with Crippen LogP contribution in [0.5, 0.6) is 0 Å². The Kier molecular flexibility index (Phi) is 5.33. The maximum atomic E-state index is 12.6. The number of pyridine rings is 1. The van der Waals surface area contributed by atoms with Gasteiger partial charge in [0, 0.05) is 32.4 Å². The predicted octanol–water partition coefficient (Wildman–Crippen LogP) is 1.77. The number of hydrogen-bond donors (Lipinski definition) is 1. The van der Waals surface area contributed by atoms with Crippen LogP contribution in [0.15, 0.2) is 41.1 Å². The van der Waals surface area contributed by atoms with Crippen molar-refractivity contribution in [3.8, 4) is 0 Å². The summed E-state index contributed by atoms with van der Waals surface area (Å²) in [5, 5.41) is 2.49. The number of carbonyl (C=O) groups is 2. The van der Waals surface area contributed by atoms with Crippen molar-refractivity contribution < 1.29 is 27.2 Å². The van der Waals surface area contributed by atoms with Crippen LogP contribution in [0, 0.1) is 0 Å². The molecule has 3 heterocycles. The quantitative estimate of drug-likeness (QED) is 0.872. The number of rotatable bonds is 4. The van der Waals surface area contributed by atoms with Crippen molar-refractivity contribution in [1.29, 1.82) is 0 Å². The average Bonchev–Trinajstić information content (AvgIpc) is 3.20. The second kappa shape index (κ2) is 7.68. The van der Waals surface area contributed by atoms with Crippen LogP contribution in [0.25, 0.3) is 0 Å². The lowest BCUT2D eigenvalue weighted by Crippen LogP contribution is -2.51. The van der Waals surface area contributed by atoms with E-state index >= 15 is 0 Å². The van der Waals surface area contributed by atoms with Crippen molar-refractivity contribution in [2.24, 2.45) is 0 Å². The van der Waals surface area contributed by atoms with Gasteiger partial charge in [0.15, 0.2) is 5.76 Å². The number of halogens is 3. The largest absolute Gasteiger partial charge is 0.459 e. The van der Waals surface area contributed by atoms with Gasteiger partial charge in [-0.15, -0.1) is 0 Å². The number of nitrogens with one attached hydrogen (secondary N) is 1. The van der Waals surface area contributed by atoms with Crippen molar-refractivity contribution in [3.05, 3.63) is 48.0 Å². The Bertz CT molecular complexity index is 783. The average molecular weight is 382 g/mol. The molecule has 3 rings (SSSR count). The number of hydrogen-bond acceptors (Lipinski definition) is 5. The second-order valence-corrected chi connectivity index (χ2v) is 5.93. The van der Waals surface area contributed by atoms with Gasteiger partial charge in [0.05, 0.1) is 18.4 Å². The van der Waals surface area contributed by atoms with Crippen LogP contribution in [0.3, 0.4) is 0 Å². The van der Waals surface area contributed by atoms with Crippen LogP contribution in [-0.2, 0) is 11.0 Å². The molecule has 0 radical (unpaired) electrons. The molecule has 1 aliphatic rings. The molecule has 0 saturated carbocycles. The molecular formula is C17H17F3N4O3. The standard InChI is InChI=1S/C17H17F3N4O3/c18-17(19,20)12-3-4-14(21-10-12)23-5-7-24(8-6-23)15(25)11-22-16(26)13-2-1-9-27-13/h1-4,9-10H,5-8,11H2,(H,22,26). The van der Waals surface area contributed by atoms with E-state index in [0.717, 1.165) is 12.3 Å². The molecule has 0 aromatic carbocycles. The fourth-order valence-electron chi connectivity index (χ4n) is 2.69. The molecule has 1 fully saturated rings. The van der Waals surface area contributed by atoms with Crippen molar-refractivity contribution in [2.75, 3.05) is 37.6 Å². The SMILES string of the molecule is O=C(NCC(=O)N1CCN(c2ccc(C(F)(F)F)cn2)CC1)c1ccco1. The minimum Gasteiger partial charge on any atom is -0.459 e. The minimum absolute atomic E-state index is 0.126. The van der Waals surface area contributed by atoms with Crippen LogP contribution < -0.4 is 10.2 Å². The van der Waals surface area contributed by atoms with E-state index in [4.69, 9.17) is 4.42 Å². The second-order valence-electron chi connectivity index (χ2n) is 5.93. The van der Waals surface area contributed by atoms with Gasteiger partial charge in [-0.1, -0.05) is 0 Å². The summed E-state index contributed by atoms with van der Waals surface area (Å²) >= 11 is 0. The first-order valence-electron chi connectivity index (χ1n) is 8.22. The van der Waals surface area contributed by atoms with Crippen LogP contribution in [0.2, 0.25) is 0 Å². The van der Waals surface area contributed by atoms with Crippen LogP contribution in [0.4, 0.5) is 19.0 Å². The van der Waals surface area contributed by atoms with E-state index in [1.165, 1.54) is 18.4 Å². The molecule has 0 aliphatic carbocycles. The van der Waals surface area contributed by atoms with Crippen molar-refractivity contribution >= 4 is 17.6 Å². The van der Waals surface area contributed by atoms with E-state index in [9.17, 15) is 22.8 Å². The summed E-state index contributed by atoms with van der Waals surface area (Å²) < 4.78 is 42.7. The van der Waals surface area contributed by atoms with E-state index in [-0.39, 0.29) is 18.2 Å². The Morgan fingerprint density at radius 2 is 1.89 bits per heavy atom.